The molecule has 3 aromatic rings. The minimum Gasteiger partial charge on any atom is -0.323 e. The molecule has 0 aliphatic rings. The van der Waals surface area contributed by atoms with Crippen LogP contribution >= 0.6 is 0 Å². The fourth-order valence-corrected chi connectivity index (χ4v) is 3.00. The molecule has 0 aliphatic heterocycles. The normalized spacial score (nSPS) is 11.4. The van der Waals surface area contributed by atoms with Gasteiger partial charge in [-0.05, 0) is 38.0 Å². The fourth-order valence-electron chi connectivity index (χ4n) is 3.00. The lowest BCUT2D eigenvalue weighted by molar-refractivity contribution is 0.0709. The van der Waals surface area contributed by atoms with Gasteiger partial charge >= 0.3 is 0 Å². The second-order valence-electron chi connectivity index (χ2n) is 7.02. The molecule has 0 radical (unpaired) electrons. The molecule has 0 spiro atoms. The van der Waals surface area contributed by atoms with Crippen LogP contribution in [0.3, 0.4) is 0 Å². The molecule has 2 aromatic carbocycles. The number of carbonyl (C=O) groups is 1. The van der Waals surface area contributed by atoms with Crippen molar-refractivity contribution in [3.63, 3.8) is 0 Å². The average Bonchev–Trinajstić information content (AvgIpc) is 3.12. The second-order valence-corrected chi connectivity index (χ2v) is 7.02. The first-order chi connectivity index (χ1) is 14.1. The highest BCUT2D eigenvalue weighted by Gasteiger charge is 2.25. The molecule has 0 bridgehead atoms. The van der Waals surface area contributed by atoms with Crippen LogP contribution in [0.15, 0.2) is 60.7 Å². The summed E-state index contributed by atoms with van der Waals surface area (Å²) in [7, 11) is 0. The number of amides is 1. The Hall–Kier alpha value is -3.39. The predicted molar refractivity (Wildman–Crippen MR) is 114 cm³/mol. The molecule has 5 nitrogen and oxygen atoms in total. The van der Waals surface area contributed by atoms with Gasteiger partial charge < -0.3 is 4.90 Å². The van der Waals surface area contributed by atoms with Crippen molar-refractivity contribution in [1.29, 1.82) is 0 Å². The van der Waals surface area contributed by atoms with E-state index in [0.717, 1.165) is 23.2 Å². The van der Waals surface area contributed by atoms with Crippen molar-refractivity contribution in [1.82, 2.24) is 19.9 Å². The number of aromatic nitrogens is 3. The van der Waals surface area contributed by atoms with Crippen LogP contribution in [0.4, 0.5) is 0 Å². The summed E-state index contributed by atoms with van der Waals surface area (Å²) in [5.41, 5.74) is 3.21. The van der Waals surface area contributed by atoms with Gasteiger partial charge in [-0.1, -0.05) is 72.5 Å². The Labute approximate surface area is 172 Å². The standard InChI is InChI=1S/C24H26N4O/c1-4-19(2)27(17-11-16-21-12-7-5-8-13-21)24(29)23-20(3)28(26-25-23)18-22-14-9-6-10-15-22/h5-10,12-15,19H,4,17-18H2,1-3H3. The third-order valence-corrected chi connectivity index (χ3v) is 5.00. The number of hydrogen-bond acceptors (Lipinski definition) is 3. The Bertz CT molecular complexity index is 1000. The van der Waals surface area contributed by atoms with E-state index in [1.54, 1.807) is 9.58 Å². The summed E-state index contributed by atoms with van der Waals surface area (Å²) < 4.78 is 1.77. The number of carbonyl (C=O) groups excluding carboxylic acids is 1. The summed E-state index contributed by atoms with van der Waals surface area (Å²) in [6.45, 7) is 6.93. The van der Waals surface area contributed by atoms with Crippen LogP contribution < -0.4 is 0 Å². The largest absolute Gasteiger partial charge is 0.323 e. The average molecular weight is 386 g/mol. The summed E-state index contributed by atoms with van der Waals surface area (Å²) in [5.74, 6) is 6.14. The molecule has 1 atom stereocenters. The van der Waals surface area contributed by atoms with Crippen LogP contribution in [0, 0.1) is 18.8 Å². The van der Waals surface area contributed by atoms with E-state index in [1.165, 1.54) is 0 Å². The minimum atomic E-state index is -0.126. The van der Waals surface area contributed by atoms with Gasteiger partial charge in [0.15, 0.2) is 5.69 Å². The topological polar surface area (TPSA) is 51.0 Å². The van der Waals surface area contributed by atoms with Crippen LogP contribution in [0.2, 0.25) is 0 Å². The third-order valence-electron chi connectivity index (χ3n) is 5.00. The van der Waals surface area contributed by atoms with Crippen LogP contribution in [0.25, 0.3) is 0 Å². The number of benzene rings is 2. The molecule has 1 amide bonds. The van der Waals surface area contributed by atoms with Gasteiger partial charge in [0.25, 0.3) is 5.91 Å². The maximum atomic E-state index is 13.2. The van der Waals surface area contributed by atoms with E-state index in [9.17, 15) is 4.79 Å². The van der Waals surface area contributed by atoms with E-state index >= 15 is 0 Å². The summed E-state index contributed by atoms with van der Waals surface area (Å²) in [6, 6.07) is 19.9. The zero-order valence-corrected chi connectivity index (χ0v) is 17.2. The smallest absolute Gasteiger partial charge is 0.277 e. The van der Waals surface area contributed by atoms with E-state index < -0.39 is 0 Å². The Balaban J connectivity index is 1.78. The van der Waals surface area contributed by atoms with Crippen molar-refractivity contribution in [3.8, 4) is 11.8 Å². The molecule has 3 rings (SSSR count). The molecule has 1 unspecified atom stereocenters. The first-order valence-corrected chi connectivity index (χ1v) is 9.89. The molecular formula is C24H26N4O. The van der Waals surface area contributed by atoms with Crippen molar-refractivity contribution in [3.05, 3.63) is 83.2 Å². The Morgan fingerprint density at radius 3 is 2.41 bits per heavy atom. The van der Waals surface area contributed by atoms with E-state index in [0.29, 0.717) is 18.8 Å². The van der Waals surface area contributed by atoms with Gasteiger partial charge in [-0.25, -0.2) is 4.68 Å². The first kappa shape index (κ1) is 20.3. The van der Waals surface area contributed by atoms with Crippen LogP contribution in [-0.2, 0) is 6.54 Å². The highest BCUT2D eigenvalue weighted by atomic mass is 16.2. The predicted octanol–water partition coefficient (Wildman–Crippen LogP) is 3.93. The molecule has 0 saturated heterocycles. The van der Waals surface area contributed by atoms with Gasteiger partial charge in [-0.3, -0.25) is 4.79 Å². The summed E-state index contributed by atoms with van der Waals surface area (Å²) in [5, 5.41) is 8.40. The second kappa shape index (κ2) is 9.70. The van der Waals surface area contributed by atoms with Crippen LogP contribution in [0.5, 0.6) is 0 Å². The maximum absolute atomic E-state index is 13.2. The van der Waals surface area contributed by atoms with E-state index in [4.69, 9.17) is 0 Å². The van der Waals surface area contributed by atoms with E-state index in [2.05, 4.69) is 29.1 Å². The zero-order chi connectivity index (χ0) is 20.6. The van der Waals surface area contributed by atoms with Crippen molar-refractivity contribution < 1.29 is 4.79 Å². The quantitative estimate of drug-likeness (QED) is 0.603. The van der Waals surface area contributed by atoms with Gasteiger partial charge in [0.2, 0.25) is 0 Å². The molecule has 1 aromatic heterocycles. The third kappa shape index (κ3) is 5.11. The van der Waals surface area contributed by atoms with Crippen molar-refractivity contribution in [2.45, 2.75) is 39.8 Å². The molecule has 0 fully saturated rings. The van der Waals surface area contributed by atoms with Crippen molar-refractivity contribution in [2.75, 3.05) is 6.54 Å². The van der Waals surface area contributed by atoms with E-state index in [1.807, 2.05) is 74.5 Å². The molecule has 0 saturated carbocycles. The molecule has 0 N–H and O–H groups in total. The van der Waals surface area contributed by atoms with Gasteiger partial charge in [0, 0.05) is 11.6 Å². The van der Waals surface area contributed by atoms with Gasteiger partial charge in [0.05, 0.1) is 18.8 Å². The van der Waals surface area contributed by atoms with Crippen molar-refractivity contribution in [2.24, 2.45) is 0 Å². The highest BCUT2D eigenvalue weighted by Crippen LogP contribution is 2.13. The van der Waals surface area contributed by atoms with Gasteiger partial charge in [0.1, 0.15) is 0 Å². The molecule has 5 heteroatoms. The lowest BCUT2D eigenvalue weighted by Crippen LogP contribution is -2.39. The van der Waals surface area contributed by atoms with Crippen LogP contribution in [0.1, 0.15) is 47.6 Å². The Morgan fingerprint density at radius 2 is 1.76 bits per heavy atom. The molecular weight excluding hydrogens is 360 g/mol. The lowest BCUT2D eigenvalue weighted by Gasteiger charge is -2.26. The molecule has 1 heterocycles. The molecule has 0 aliphatic carbocycles. The first-order valence-electron chi connectivity index (χ1n) is 9.89. The number of hydrogen-bond donors (Lipinski definition) is 0. The Kier molecular flexibility index (Phi) is 6.80. The zero-order valence-electron chi connectivity index (χ0n) is 17.2. The maximum Gasteiger partial charge on any atom is 0.277 e. The number of nitrogens with zero attached hydrogens (tertiary/aromatic N) is 4. The molecule has 148 valence electrons. The molecule has 29 heavy (non-hydrogen) atoms. The van der Waals surface area contributed by atoms with Crippen LogP contribution in [-0.4, -0.2) is 38.4 Å². The van der Waals surface area contributed by atoms with Crippen molar-refractivity contribution >= 4 is 5.91 Å². The highest BCUT2D eigenvalue weighted by molar-refractivity contribution is 5.93. The summed E-state index contributed by atoms with van der Waals surface area (Å²) in [4.78, 5) is 15.0. The van der Waals surface area contributed by atoms with Gasteiger partial charge in [-0.2, -0.15) is 0 Å². The minimum absolute atomic E-state index is 0.0613. The SMILES string of the molecule is CCC(C)N(CC#Cc1ccccc1)C(=O)c1nnn(Cc2ccccc2)c1C. The van der Waals surface area contributed by atoms with E-state index in [-0.39, 0.29) is 11.9 Å². The van der Waals surface area contributed by atoms with Gasteiger partial charge in [-0.15, -0.1) is 5.10 Å². The summed E-state index contributed by atoms with van der Waals surface area (Å²) in [6.07, 6.45) is 0.843. The fraction of sp³-hybridized carbons (Fsp3) is 0.292. The monoisotopic (exact) mass is 386 g/mol. The Morgan fingerprint density at radius 1 is 1.10 bits per heavy atom. The lowest BCUT2D eigenvalue weighted by atomic mass is 10.1. The number of rotatable bonds is 6. The summed E-state index contributed by atoms with van der Waals surface area (Å²) >= 11 is 0.